The Labute approximate surface area is 118 Å². The van der Waals surface area contributed by atoms with Crippen molar-refractivity contribution in [3.63, 3.8) is 0 Å². The van der Waals surface area contributed by atoms with Gasteiger partial charge in [-0.25, -0.2) is 0 Å². The molecule has 0 bridgehead atoms. The molecule has 0 saturated carbocycles. The van der Waals surface area contributed by atoms with Gasteiger partial charge >= 0.3 is 6.18 Å². The van der Waals surface area contributed by atoms with Gasteiger partial charge in [-0.1, -0.05) is 0 Å². The Morgan fingerprint density at radius 3 is 2.39 bits per heavy atom. The summed E-state index contributed by atoms with van der Waals surface area (Å²) in [6.45, 7) is 0. The number of nitrogens with two attached hydrogens (primary N) is 1. The third kappa shape index (κ3) is 3.52. The second-order valence-electron chi connectivity index (χ2n) is 3.57. The summed E-state index contributed by atoms with van der Waals surface area (Å²) in [7, 11) is 1.30. The molecular weight excluding hydrogens is 383 g/mol. The summed E-state index contributed by atoms with van der Waals surface area (Å²) in [5.41, 5.74) is 5.72. The molecule has 1 aromatic carbocycles. The first-order valence-electron chi connectivity index (χ1n) is 4.74. The zero-order valence-corrected chi connectivity index (χ0v) is 12.4. The van der Waals surface area contributed by atoms with Crippen molar-refractivity contribution in [3.05, 3.63) is 20.6 Å². The molecule has 0 radical (unpaired) electrons. The lowest BCUT2D eigenvalue weighted by Gasteiger charge is -2.18. The number of hydrogen-bond acceptors (Lipinski definition) is 3. The first-order valence-corrected chi connectivity index (χ1v) is 6.33. The van der Waals surface area contributed by atoms with Gasteiger partial charge < -0.3 is 15.6 Å². The van der Waals surface area contributed by atoms with Crippen LogP contribution in [0.3, 0.4) is 0 Å². The van der Waals surface area contributed by atoms with Crippen LogP contribution in [0, 0.1) is 0 Å². The van der Waals surface area contributed by atoms with E-state index in [1.54, 1.807) is 0 Å². The number of ether oxygens (including phenoxy) is 1. The Morgan fingerprint density at radius 1 is 1.39 bits per heavy atom. The maximum Gasteiger partial charge on any atom is 0.390 e. The van der Waals surface area contributed by atoms with E-state index in [4.69, 9.17) is 10.5 Å². The molecule has 1 aromatic rings. The van der Waals surface area contributed by atoms with Crippen molar-refractivity contribution in [2.45, 2.75) is 18.6 Å². The Morgan fingerprint density at radius 2 is 1.94 bits per heavy atom. The molecule has 1 rings (SSSR count). The molecule has 0 aliphatic carbocycles. The van der Waals surface area contributed by atoms with Crippen LogP contribution in [0.15, 0.2) is 15.0 Å². The van der Waals surface area contributed by atoms with Crippen molar-refractivity contribution < 1.29 is 23.0 Å². The molecule has 0 unspecified atom stereocenters. The number of phenols is 1. The number of phenolic OH excluding ortho intramolecular Hbond substituents is 1. The number of alkyl halides is 3. The van der Waals surface area contributed by atoms with E-state index >= 15 is 0 Å². The lowest BCUT2D eigenvalue weighted by atomic mass is 10.0. The summed E-state index contributed by atoms with van der Waals surface area (Å²) in [5, 5.41) is 9.65. The Hall–Kier alpha value is -0.470. The molecule has 0 fully saturated rings. The zero-order valence-electron chi connectivity index (χ0n) is 9.18. The molecule has 0 saturated heterocycles. The van der Waals surface area contributed by atoms with Crippen molar-refractivity contribution in [2.75, 3.05) is 7.11 Å². The van der Waals surface area contributed by atoms with Gasteiger partial charge in [0.2, 0.25) is 0 Å². The van der Waals surface area contributed by atoms with Crippen molar-refractivity contribution in [1.82, 2.24) is 0 Å². The van der Waals surface area contributed by atoms with Crippen molar-refractivity contribution >= 4 is 31.9 Å². The molecule has 0 aromatic heterocycles. The number of methoxy groups -OCH3 is 1. The monoisotopic (exact) mass is 391 g/mol. The largest absolute Gasteiger partial charge is 0.503 e. The Kier molecular flexibility index (Phi) is 4.90. The molecule has 0 aliphatic heterocycles. The highest BCUT2D eigenvalue weighted by molar-refractivity contribution is 9.13. The summed E-state index contributed by atoms with van der Waals surface area (Å²) in [6, 6.07) is 0.0331. The minimum absolute atomic E-state index is 0.0534. The minimum atomic E-state index is -4.36. The van der Waals surface area contributed by atoms with E-state index in [9.17, 15) is 18.3 Å². The summed E-state index contributed by atoms with van der Waals surface area (Å²) in [5.74, 6) is -0.148. The smallest absolute Gasteiger partial charge is 0.390 e. The fourth-order valence-electron chi connectivity index (χ4n) is 1.40. The second kappa shape index (κ2) is 5.66. The summed E-state index contributed by atoms with van der Waals surface area (Å²) in [4.78, 5) is 0. The molecule has 18 heavy (non-hydrogen) atoms. The van der Waals surface area contributed by atoms with E-state index < -0.39 is 18.6 Å². The fraction of sp³-hybridized carbons (Fsp3) is 0.400. The molecular formula is C10H10Br2F3NO2. The van der Waals surface area contributed by atoms with E-state index in [1.807, 2.05) is 0 Å². The third-order valence-electron chi connectivity index (χ3n) is 2.24. The van der Waals surface area contributed by atoms with Crippen LogP contribution in [-0.4, -0.2) is 18.4 Å². The number of rotatable bonds is 3. The number of aromatic hydroxyl groups is 1. The molecule has 3 nitrogen and oxygen atoms in total. The van der Waals surface area contributed by atoms with Gasteiger partial charge in [0.15, 0.2) is 11.5 Å². The summed E-state index contributed by atoms with van der Waals surface area (Å²) in [6.07, 6.45) is -5.53. The zero-order chi connectivity index (χ0) is 14.1. The summed E-state index contributed by atoms with van der Waals surface area (Å²) >= 11 is 6.15. The van der Waals surface area contributed by atoms with Crippen LogP contribution < -0.4 is 10.5 Å². The van der Waals surface area contributed by atoms with Gasteiger partial charge in [-0.15, -0.1) is 0 Å². The molecule has 0 spiro atoms. The first-order chi connectivity index (χ1) is 8.17. The lowest BCUT2D eigenvalue weighted by Crippen LogP contribution is -2.20. The highest BCUT2D eigenvalue weighted by atomic mass is 79.9. The average Bonchev–Trinajstić information content (AvgIpc) is 2.24. The van der Waals surface area contributed by atoms with Crippen LogP contribution in [0.4, 0.5) is 13.2 Å². The van der Waals surface area contributed by atoms with Crippen molar-refractivity contribution in [1.29, 1.82) is 0 Å². The minimum Gasteiger partial charge on any atom is -0.503 e. The molecule has 1 atom stereocenters. The highest BCUT2D eigenvalue weighted by Gasteiger charge is 2.32. The SMILES string of the molecule is COc1cc([C@@H](N)CC(F)(F)F)c(Br)c(Br)c1O. The fourth-order valence-corrected chi connectivity index (χ4v) is 2.42. The molecule has 0 heterocycles. The summed E-state index contributed by atoms with van der Waals surface area (Å²) < 4.78 is 42.2. The van der Waals surface area contributed by atoms with Crippen molar-refractivity contribution in [3.8, 4) is 11.5 Å². The second-order valence-corrected chi connectivity index (χ2v) is 5.16. The Balaban J connectivity index is 3.20. The van der Waals surface area contributed by atoms with Crippen LogP contribution in [-0.2, 0) is 0 Å². The predicted molar refractivity (Wildman–Crippen MR) is 67.7 cm³/mol. The normalized spacial score (nSPS) is 13.5. The first kappa shape index (κ1) is 15.6. The number of hydrogen-bond donors (Lipinski definition) is 2. The van der Waals surface area contributed by atoms with Crippen LogP contribution in [0.2, 0.25) is 0 Å². The van der Waals surface area contributed by atoms with E-state index in [0.717, 1.165) is 0 Å². The van der Waals surface area contributed by atoms with Gasteiger partial charge in [-0.3, -0.25) is 0 Å². The molecule has 8 heteroatoms. The van der Waals surface area contributed by atoms with Crippen LogP contribution in [0.1, 0.15) is 18.0 Å². The highest BCUT2D eigenvalue weighted by Crippen LogP contribution is 2.44. The molecule has 102 valence electrons. The standard InChI is InChI=1S/C10H10Br2F3NO2/c1-18-6-2-4(5(16)3-10(13,14)15)7(11)8(12)9(6)17/h2,5,17H,3,16H2,1H3/t5-/m0/s1. The van der Waals surface area contributed by atoms with Gasteiger partial charge in [-0.2, -0.15) is 13.2 Å². The van der Waals surface area contributed by atoms with E-state index in [0.29, 0.717) is 0 Å². The Bertz CT molecular complexity index is 452. The van der Waals surface area contributed by atoms with Crippen LogP contribution in [0.25, 0.3) is 0 Å². The van der Waals surface area contributed by atoms with E-state index in [2.05, 4.69) is 31.9 Å². The van der Waals surface area contributed by atoms with Gasteiger partial charge in [0.05, 0.1) is 18.0 Å². The van der Waals surface area contributed by atoms with E-state index in [1.165, 1.54) is 13.2 Å². The molecule has 0 aliphatic rings. The van der Waals surface area contributed by atoms with Crippen LogP contribution in [0.5, 0.6) is 11.5 Å². The van der Waals surface area contributed by atoms with E-state index in [-0.39, 0.29) is 26.0 Å². The van der Waals surface area contributed by atoms with Gasteiger partial charge in [0.1, 0.15) is 0 Å². The molecule has 3 N–H and O–H groups in total. The topological polar surface area (TPSA) is 55.5 Å². The maximum absolute atomic E-state index is 12.3. The molecule has 0 amide bonds. The van der Waals surface area contributed by atoms with Gasteiger partial charge in [0, 0.05) is 10.5 Å². The quantitative estimate of drug-likeness (QED) is 0.820. The van der Waals surface area contributed by atoms with Gasteiger partial charge in [0.25, 0.3) is 0 Å². The third-order valence-corrected chi connectivity index (χ3v) is 4.40. The number of benzene rings is 1. The lowest BCUT2D eigenvalue weighted by molar-refractivity contribution is -0.138. The van der Waals surface area contributed by atoms with Gasteiger partial charge in [-0.05, 0) is 43.5 Å². The van der Waals surface area contributed by atoms with Crippen LogP contribution >= 0.6 is 31.9 Å². The maximum atomic E-state index is 12.3. The van der Waals surface area contributed by atoms with Crippen molar-refractivity contribution in [2.24, 2.45) is 5.73 Å². The average molecular weight is 393 g/mol. The predicted octanol–water partition coefficient (Wildman–Crippen LogP) is 3.88. The number of halogens is 5.